The van der Waals surface area contributed by atoms with Crippen molar-refractivity contribution in [2.75, 3.05) is 19.9 Å². The van der Waals surface area contributed by atoms with Crippen LogP contribution in [0.25, 0.3) is 0 Å². The lowest BCUT2D eigenvalue weighted by atomic mass is 10.2. The van der Waals surface area contributed by atoms with E-state index in [0.717, 1.165) is 12.0 Å². The Labute approximate surface area is 140 Å². The molecule has 7 nitrogen and oxygen atoms in total. The Bertz CT molecular complexity index is 595. The molecule has 0 radical (unpaired) electrons. The molecular formula is C15H19ClN2O5. The highest BCUT2D eigenvalue weighted by molar-refractivity contribution is 5.85. The number of amides is 1. The van der Waals surface area contributed by atoms with Gasteiger partial charge in [-0.3, -0.25) is 14.5 Å². The Balaban J connectivity index is 0.00000192. The van der Waals surface area contributed by atoms with Crippen LogP contribution in [0.4, 0.5) is 0 Å². The highest BCUT2D eigenvalue weighted by Gasteiger charge is 2.31. The Morgan fingerprint density at radius 2 is 2.09 bits per heavy atom. The number of nitrogens with one attached hydrogen (secondary N) is 1. The van der Waals surface area contributed by atoms with Gasteiger partial charge in [0.05, 0.1) is 6.54 Å². The fraction of sp³-hybridized carbons (Fsp3) is 0.467. The van der Waals surface area contributed by atoms with Crippen molar-refractivity contribution in [3.05, 3.63) is 23.8 Å². The Morgan fingerprint density at radius 3 is 2.87 bits per heavy atom. The molecule has 0 spiro atoms. The van der Waals surface area contributed by atoms with Crippen molar-refractivity contribution in [2.24, 2.45) is 0 Å². The molecule has 0 aromatic heterocycles. The molecule has 1 aromatic carbocycles. The first kappa shape index (κ1) is 17.4. The van der Waals surface area contributed by atoms with Crippen LogP contribution >= 0.6 is 12.4 Å². The predicted molar refractivity (Wildman–Crippen MR) is 83.9 cm³/mol. The second-order valence-electron chi connectivity index (χ2n) is 5.43. The zero-order valence-electron chi connectivity index (χ0n) is 12.5. The monoisotopic (exact) mass is 342 g/mol. The standard InChI is InChI=1S/C15H18N2O5.ClH/c18-14(8-17-5-1-2-11(17)15(19)20)16-7-10-3-4-12-13(6-10)22-9-21-12;/h3-4,6,11H,1-2,5,7-9H2,(H,16,18)(H,19,20);1H. The van der Waals surface area contributed by atoms with Crippen molar-refractivity contribution in [1.82, 2.24) is 10.2 Å². The number of carbonyl (C=O) groups is 2. The van der Waals surface area contributed by atoms with Gasteiger partial charge >= 0.3 is 5.97 Å². The molecule has 0 saturated carbocycles. The summed E-state index contributed by atoms with van der Waals surface area (Å²) in [6.45, 7) is 1.35. The number of halogens is 1. The van der Waals surface area contributed by atoms with Crippen LogP contribution in [0.5, 0.6) is 11.5 Å². The molecule has 8 heteroatoms. The van der Waals surface area contributed by atoms with Crippen molar-refractivity contribution in [2.45, 2.75) is 25.4 Å². The average Bonchev–Trinajstić information content (AvgIpc) is 3.13. The van der Waals surface area contributed by atoms with Gasteiger partial charge in [0.2, 0.25) is 12.7 Å². The van der Waals surface area contributed by atoms with Crippen LogP contribution in [-0.2, 0) is 16.1 Å². The summed E-state index contributed by atoms with van der Waals surface area (Å²) >= 11 is 0. The topological polar surface area (TPSA) is 88.1 Å². The zero-order valence-corrected chi connectivity index (χ0v) is 13.3. The number of hydrogen-bond donors (Lipinski definition) is 2. The van der Waals surface area contributed by atoms with Crippen LogP contribution < -0.4 is 14.8 Å². The summed E-state index contributed by atoms with van der Waals surface area (Å²) < 4.78 is 10.5. The maximum Gasteiger partial charge on any atom is 0.320 e. The van der Waals surface area contributed by atoms with E-state index in [1.165, 1.54) is 0 Å². The number of rotatable bonds is 5. The maximum atomic E-state index is 12.0. The molecule has 2 N–H and O–H groups in total. The molecular weight excluding hydrogens is 324 g/mol. The third-order valence-corrected chi connectivity index (χ3v) is 3.92. The summed E-state index contributed by atoms with van der Waals surface area (Å²) in [5.74, 6) is 0.348. The van der Waals surface area contributed by atoms with E-state index in [9.17, 15) is 9.59 Å². The van der Waals surface area contributed by atoms with E-state index >= 15 is 0 Å². The van der Waals surface area contributed by atoms with Crippen LogP contribution in [0, 0.1) is 0 Å². The van der Waals surface area contributed by atoms with E-state index in [1.807, 2.05) is 18.2 Å². The average molecular weight is 343 g/mol. The lowest BCUT2D eigenvalue weighted by Crippen LogP contribution is -2.42. The summed E-state index contributed by atoms with van der Waals surface area (Å²) in [7, 11) is 0. The number of carboxylic acid groups (broad SMARTS) is 1. The predicted octanol–water partition coefficient (Wildman–Crippen LogP) is 1.00. The number of carboxylic acids is 1. The Kier molecular flexibility index (Phi) is 5.68. The molecule has 1 amide bonds. The molecule has 1 saturated heterocycles. The van der Waals surface area contributed by atoms with E-state index in [-0.39, 0.29) is 31.7 Å². The van der Waals surface area contributed by atoms with Gasteiger partial charge in [-0.25, -0.2) is 0 Å². The largest absolute Gasteiger partial charge is 0.480 e. The Morgan fingerprint density at radius 1 is 1.30 bits per heavy atom. The summed E-state index contributed by atoms with van der Waals surface area (Å²) in [4.78, 5) is 24.8. The highest BCUT2D eigenvalue weighted by atomic mass is 35.5. The van der Waals surface area contributed by atoms with Gasteiger partial charge in [-0.15, -0.1) is 12.4 Å². The molecule has 126 valence electrons. The number of fused-ring (bicyclic) bond motifs is 1. The number of ether oxygens (including phenoxy) is 2. The normalized spacial score (nSPS) is 19.2. The molecule has 2 aliphatic heterocycles. The number of hydrogen-bond acceptors (Lipinski definition) is 5. The van der Waals surface area contributed by atoms with Crippen molar-refractivity contribution < 1.29 is 24.2 Å². The minimum Gasteiger partial charge on any atom is -0.480 e. The molecule has 23 heavy (non-hydrogen) atoms. The van der Waals surface area contributed by atoms with Gasteiger partial charge in [0.1, 0.15) is 6.04 Å². The summed E-state index contributed by atoms with van der Waals surface area (Å²) in [6.07, 6.45) is 1.41. The van der Waals surface area contributed by atoms with E-state index in [1.54, 1.807) is 4.90 Å². The van der Waals surface area contributed by atoms with E-state index < -0.39 is 12.0 Å². The zero-order chi connectivity index (χ0) is 15.5. The molecule has 0 aliphatic carbocycles. The molecule has 1 aromatic rings. The molecule has 1 unspecified atom stereocenters. The fourth-order valence-corrected chi connectivity index (χ4v) is 2.79. The molecule has 0 bridgehead atoms. The van der Waals surface area contributed by atoms with Crippen molar-refractivity contribution in [3.8, 4) is 11.5 Å². The second-order valence-corrected chi connectivity index (χ2v) is 5.43. The van der Waals surface area contributed by atoms with Gasteiger partial charge in [-0.05, 0) is 37.1 Å². The van der Waals surface area contributed by atoms with Gasteiger partial charge < -0.3 is 19.9 Å². The first-order valence-electron chi connectivity index (χ1n) is 7.25. The summed E-state index contributed by atoms with van der Waals surface area (Å²) in [6, 6.07) is 4.96. The van der Waals surface area contributed by atoms with Gasteiger partial charge in [0.25, 0.3) is 0 Å². The van der Waals surface area contributed by atoms with Gasteiger partial charge in [-0.1, -0.05) is 6.07 Å². The number of nitrogens with zero attached hydrogens (tertiary/aromatic N) is 1. The maximum absolute atomic E-state index is 12.0. The SMILES string of the molecule is Cl.O=C(CN1CCCC1C(=O)O)NCc1ccc2c(c1)OCO2. The smallest absolute Gasteiger partial charge is 0.320 e. The molecule has 3 rings (SSSR count). The fourth-order valence-electron chi connectivity index (χ4n) is 2.79. The van der Waals surface area contributed by atoms with Gasteiger partial charge in [-0.2, -0.15) is 0 Å². The number of benzene rings is 1. The van der Waals surface area contributed by atoms with Crippen LogP contribution in [-0.4, -0.2) is 47.8 Å². The van der Waals surface area contributed by atoms with Gasteiger partial charge in [0, 0.05) is 6.54 Å². The number of likely N-dealkylation sites (tertiary alicyclic amines) is 1. The second kappa shape index (κ2) is 7.52. The summed E-state index contributed by atoms with van der Waals surface area (Å²) in [5, 5.41) is 11.9. The van der Waals surface area contributed by atoms with E-state index in [0.29, 0.717) is 31.0 Å². The molecule has 2 aliphatic rings. The number of carbonyl (C=O) groups excluding carboxylic acids is 1. The highest BCUT2D eigenvalue weighted by Crippen LogP contribution is 2.32. The quantitative estimate of drug-likeness (QED) is 0.830. The lowest BCUT2D eigenvalue weighted by molar-refractivity contribution is -0.142. The third-order valence-electron chi connectivity index (χ3n) is 3.92. The Hall–Kier alpha value is -1.99. The van der Waals surface area contributed by atoms with E-state index in [4.69, 9.17) is 14.6 Å². The minimum atomic E-state index is -0.860. The van der Waals surface area contributed by atoms with Crippen molar-refractivity contribution in [3.63, 3.8) is 0 Å². The summed E-state index contributed by atoms with van der Waals surface area (Å²) in [5.41, 5.74) is 0.911. The van der Waals surface area contributed by atoms with Crippen molar-refractivity contribution in [1.29, 1.82) is 0 Å². The molecule has 1 fully saturated rings. The third kappa shape index (κ3) is 4.05. The number of aliphatic carboxylic acids is 1. The lowest BCUT2D eigenvalue weighted by Gasteiger charge is -2.20. The first-order chi connectivity index (χ1) is 10.6. The van der Waals surface area contributed by atoms with Gasteiger partial charge in [0.15, 0.2) is 11.5 Å². The van der Waals surface area contributed by atoms with E-state index in [2.05, 4.69) is 5.32 Å². The molecule has 2 heterocycles. The minimum absolute atomic E-state index is 0. The first-order valence-corrected chi connectivity index (χ1v) is 7.25. The van der Waals surface area contributed by atoms with Crippen molar-refractivity contribution >= 4 is 24.3 Å². The van der Waals surface area contributed by atoms with Crippen LogP contribution in [0.3, 0.4) is 0 Å². The van der Waals surface area contributed by atoms with Crippen LogP contribution in [0.1, 0.15) is 18.4 Å². The van der Waals surface area contributed by atoms with Crippen LogP contribution in [0.15, 0.2) is 18.2 Å². The molecule has 1 atom stereocenters. The van der Waals surface area contributed by atoms with Crippen LogP contribution in [0.2, 0.25) is 0 Å².